The highest BCUT2D eigenvalue weighted by atomic mass is 16.2. The summed E-state index contributed by atoms with van der Waals surface area (Å²) in [6, 6.07) is 0. The molecule has 0 aromatic heterocycles. The van der Waals surface area contributed by atoms with Crippen LogP contribution < -0.4 is 5.43 Å². The highest BCUT2D eigenvalue weighted by Gasteiger charge is 2.11. The van der Waals surface area contributed by atoms with Gasteiger partial charge in [0.05, 0.1) is 0 Å². The van der Waals surface area contributed by atoms with Crippen LogP contribution in [0.15, 0.2) is 0 Å². The zero-order valence-corrected chi connectivity index (χ0v) is 8.51. The second-order valence-corrected chi connectivity index (χ2v) is 3.69. The van der Waals surface area contributed by atoms with Crippen molar-refractivity contribution in [1.82, 2.24) is 10.4 Å². The molecule has 3 heteroatoms. The smallest absolute Gasteiger partial charge is 0.234 e. The van der Waals surface area contributed by atoms with Gasteiger partial charge in [0, 0.05) is 19.5 Å². The van der Waals surface area contributed by atoms with E-state index in [2.05, 4.69) is 17.4 Å². The quantitative estimate of drug-likeness (QED) is 0.721. The predicted octanol–water partition coefficient (Wildman–Crippen LogP) is 1.69. The monoisotopic (exact) mass is 184 g/mol. The third-order valence-electron chi connectivity index (χ3n) is 2.40. The maximum atomic E-state index is 11.3. The molecule has 1 aliphatic heterocycles. The van der Waals surface area contributed by atoms with Crippen LogP contribution >= 0.6 is 0 Å². The van der Waals surface area contributed by atoms with Gasteiger partial charge < -0.3 is 0 Å². The van der Waals surface area contributed by atoms with Crippen molar-refractivity contribution >= 4 is 5.91 Å². The Morgan fingerprint density at radius 1 is 1.31 bits per heavy atom. The van der Waals surface area contributed by atoms with E-state index in [-0.39, 0.29) is 5.91 Å². The molecule has 1 saturated heterocycles. The molecule has 0 aromatic carbocycles. The van der Waals surface area contributed by atoms with Crippen molar-refractivity contribution in [3.05, 3.63) is 0 Å². The fraction of sp³-hybridized carbons (Fsp3) is 0.900. The van der Waals surface area contributed by atoms with Crippen LogP contribution in [-0.2, 0) is 4.79 Å². The number of hydrazine groups is 1. The Hall–Kier alpha value is -0.570. The largest absolute Gasteiger partial charge is 0.289 e. The summed E-state index contributed by atoms with van der Waals surface area (Å²) in [5, 5.41) is 2.06. The number of nitrogens with zero attached hydrogens (tertiary/aromatic N) is 1. The number of rotatable bonds is 4. The molecule has 0 saturated carbocycles. The van der Waals surface area contributed by atoms with Gasteiger partial charge >= 0.3 is 0 Å². The SMILES string of the molecule is CCCCC(=O)NN1CCCCC1. The van der Waals surface area contributed by atoms with Crippen LogP contribution in [0.2, 0.25) is 0 Å². The molecule has 1 N–H and O–H groups in total. The third kappa shape index (κ3) is 4.27. The van der Waals surface area contributed by atoms with Crippen LogP contribution in [0.5, 0.6) is 0 Å². The molecule has 1 fully saturated rings. The van der Waals surface area contributed by atoms with Crippen LogP contribution in [0.1, 0.15) is 45.4 Å². The lowest BCUT2D eigenvalue weighted by Gasteiger charge is -2.26. The van der Waals surface area contributed by atoms with Crippen LogP contribution in [0, 0.1) is 0 Å². The maximum absolute atomic E-state index is 11.3. The minimum Gasteiger partial charge on any atom is -0.289 e. The van der Waals surface area contributed by atoms with Crippen LogP contribution in [-0.4, -0.2) is 24.0 Å². The molecular weight excluding hydrogens is 164 g/mol. The van der Waals surface area contributed by atoms with Gasteiger partial charge in [-0.15, -0.1) is 0 Å². The summed E-state index contributed by atoms with van der Waals surface area (Å²) in [6.45, 7) is 4.16. The van der Waals surface area contributed by atoms with Gasteiger partial charge in [-0.2, -0.15) is 0 Å². The topological polar surface area (TPSA) is 32.3 Å². The predicted molar refractivity (Wildman–Crippen MR) is 53.1 cm³/mol. The first-order chi connectivity index (χ1) is 6.33. The van der Waals surface area contributed by atoms with Crippen LogP contribution in [0.3, 0.4) is 0 Å². The van der Waals surface area contributed by atoms with Crippen molar-refractivity contribution in [1.29, 1.82) is 0 Å². The lowest BCUT2D eigenvalue weighted by Crippen LogP contribution is -2.44. The zero-order valence-electron chi connectivity index (χ0n) is 8.51. The molecule has 0 atom stereocenters. The normalized spacial score (nSPS) is 18.5. The number of piperidine rings is 1. The highest BCUT2D eigenvalue weighted by molar-refractivity contribution is 5.75. The van der Waals surface area contributed by atoms with Crippen molar-refractivity contribution in [3.63, 3.8) is 0 Å². The van der Waals surface area contributed by atoms with E-state index in [0.717, 1.165) is 25.9 Å². The van der Waals surface area contributed by atoms with E-state index in [4.69, 9.17) is 0 Å². The van der Waals surface area contributed by atoms with E-state index >= 15 is 0 Å². The Morgan fingerprint density at radius 2 is 2.00 bits per heavy atom. The third-order valence-corrected chi connectivity index (χ3v) is 2.40. The van der Waals surface area contributed by atoms with Gasteiger partial charge in [0.2, 0.25) is 5.91 Å². The van der Waals surface area contributed by atoms with E-state index < -0.39 is 0 Å². The van der Waals surface area contributed by atoms with E-state index in [1.807, 2.05) is 0 Å². The molecule has 1 amide bonds. The average Bonchev–Trinajstić information content (AvgIpc) is 2.16. The van der Waals surface area contributed by atoms with Gasteiger partial charge in [-0.1, -0.05) is 19.8 Å². The van der Waals surface area contributed by atoms with Crippen LogP contribution in [0.25, 0.3) is 0 Å². The molecule has 0 spiro atoms. The number of hydrogen-bond donors (Lipinski definition) is 1. The molecule has 1 heterocycles. The van der Waals surface area contributed by atoms with Crippen molar-refractivity contribution < 1.29 is 4.79 Å². The summed E-state index contributed by atoms with van der Waals surface area (Å²) >= 11 is 0. The maximum Gasteiger partial charge on any atom is 0.234 e. The lowest BCUT2D eigenvalue weighted by atomic mass is 10.2. The first-order valence-electron chi connectivity index (χ1n) is 5.37. The second kappa shape index (κ2) is 5.97. The fourth-order valence-electron chi connectivity index (χ4n) is 1.58. The Bertz CT molecular complexity index is 153. The molecule has 3 nitrogen and oxygen atoms in total. The summed E-state index contributed by atoms with van der Waals surface area (Å²) in [4.78, 5) is 11.3. The van der Waals surface area contributed by atoms with Gasteiger partial charge in [-0.3, -0.25) is 10.2 Å². The number of carbonyl (C=O) groups excluding carboxylic acids is 1. The highest BCUT2D eigenvalue weighted by Crippen LogP contribution is 2.06. The molecule has 0 aliphatic carbocycles. The van der Waals surface area contributed by atoms with E-state index in [1.165, 1.54) is 19.3 Å². The number of nitrogens with one attached hydrogen (secondary N) is 1. The number of amides is 1. The summed E-state index contributed by atoms with van der Waals surface area (Å²) in [5.41, 5.74) is 2.95. The second-order valence-electron chi connectivity index (χ2n) is 3.69. The zero-order chi connectivity index (χ0) is 9.52. The van der Waals surface area contributed by atoms with Gasteiger partial charge in [0.1, 0.15) is 0 Å². The molecule has 1 rings (SSSR count). The van der Waals surface area contributed by atoms with Gasteiger partial charge in [0.15, 0.2) is 0 Å². The molecular formula is C10H20N2O. The van der Waals surface area contributed by atoms with Crippen LogP contribution in [0.4, 0.5) is 0 Å². The van der Waals surface area contributed by atoms with E-state index in [1.54, 1.807) is 0 Å². The Morgan fingerprint density at radius 3 is 2.62 bits per heavy atom. The Labute approximate surface area is 80.5 Å². The van der Waals surface area contributed by atoms with Crippen molar-refractivity contribution in [2.75, 3.05) is 13.1 Å². The molecule has 0 aromatic rings. The lowest BCUT2D eigenvalue weighted by molar-refractivity contribution is -0.126. The minimum atomic E-state index is 0.184. The molecule has 0 unspecified atom stereocenters. The molecule has 13 heavy (non-hydrogen) atoms. The summed E-state index contributed by atoms with van der Waals surface area (Å²) < 4.78 is 0. The van der Waals surface area contributed by atoms with Gasteiger partial charge in [-0.25, -0.2) is 5.01 Å². The first kappa shape index (κ1) is 10.5. The molecule has 1 aliphatic rings. The summed E-state index contributed by atoms with van der Waals surface area (Å²) in [6.07, 6.45) is 6.50. The molecule has 76 valence electrons. The number of unbranched alkanes of at least 4 members (excludes halogenated alkanes) is 1. The van der Waals surface area contributed by atoms with Crippen molar-refractivity contribution in [3.8, 4) is 0 Å². The summed E-state index contributed by atoms with van der Waals surface area (Å²) in [7, 11) is 0. The molecule has 0 radical (unpaired) electrons. The average molecular weight is 184 g/mol. The standard InChI is InChI=1S/C10H20N2O/c1-2-3-7-10(13)11-12-8-5-4-6-9-12/h2-9H2,1H3,(H,11,13). The fourth-order valence-corrected chi connectivity index (χ4v) is 1.58. The Kier molecular flexibility index (Phi) is 4.83. The number of hydrogen-bond acceptors (Lipinski definition) is 2. The number of carbonyl (C=O) groups is 1. The molecule has 0 bridgehead atoms. The van der Waals surface area contributed by atoms with Crippen molar-refractivity contribution in [2.45, 2.75) is 45.4 Å². The van der Waals surface area contributed by atoms with Gasteiger partial charge in [0.25, 0.3) is 0 Å². The minimum absolute atomic E-state index is 0.184. The Balaban J connectivity index is 2.11. The van der Waals surface area contributed by atoms with Gasteiger partial charge in [-0.05, 0) is 19.3 Å². The van der Waals surface area contributed by atoms with E-state index in [0.29, 0.717) is 6.42 Å². The van der Waals surface area contributed by atoms with Crippen molar-refractivity contribution in [2.24, 2.45) is 0 Å². The summed E-state index contributed by atoms with van der Waals surface area (Å²) in [5.74, 6) is 0.184. The first-order valence-corrected chi connectivity index (χ1v) is 5.37. The van der Waals surface area contributed by atoms with E-state index in [9.17, 15) is 4.79 Å².